The molecule has 1 aromatic carbocycles. The predicted molar refractivity (Wildman–Crippen MR) is 83.3 cm³/mol. The van der Waals surface area contributed by atoms with Crippen LogP contribution in [0.5, 0.6) is 0 Å². The van der Waals surface area contributed by atoms with Crippen molar-refractivity contribution in [3.05, 3.63) is 46.8 Å². The fraction of sp³-hybridized carbons (Fsp3) is 0.412. The van der Waals surface area contributed by atoms with Gasteiger partial charge in [0.15, 0.2) is 0 Å². The lowest BCUT2D eigenvalue weighted by Crippen LogP contribution is -2.11. The maximum Gasteiger partial charge on any atom is 0.339 e. The first-order valence-corrected chi connectivity index (χ1v) is 7.38. The third-order valence-electron chi connectivity index (χ3n) is 4.14. The molecule has 2 aromatic rings. The zero-order valence-electron chi connectivity index (χ0n) is 13.1. The molecule has 2 rings (SSSR count). The van der Waals surface area contributed by atoms with Crippen molar-refractivity contribution >= 4 is 5.97 Å². The predicted octanol–water partition coefficient (Wildman–Crippen LogP) is 4.09. The van der Waals surface area contributed by atoms with Crippen molar-refractivity contribution in [3.8, 4) is 5.69 Å². The lowest BCUT2D eigenvalue weighted by atomic mass is 9.96. The molecule has 4 heteroatoms. The van der Waals surface area contributed by atoms with Crippen LogP contribution in [0.3, 0.4) is 0 Å². The van der Waals surface area contributed by atoms with Gasteiger partial charge in [0.1, 0.15) is 5.56 Å². The zero-order valence-corrected chi connectivity index (χ0v) is 13.1. The van der Waals surface area contributed by atoms with Gasteiger partial charge in [-0.1, -0.05) is 19.9 Å². The van der Waals surface area contributed by atoms with E-state index >= 15 is 0 Å². The van der Waals surface area contributed by atoms with Crippen LogP contribution in [0.4, 0.5) is 0 Å². The number of benzene rings is 1. The van der Waals surface area contributed by atoms with Gasteiger partial charge in [-0.2, -0.15) is 5.10 Å². The van der Waals surface area contributed by atoms with Crippen molar-refractivity contribution in [3.63, 3.8) is 0 Å². The summed E-state index contributed by atoms with van der Waals surface area (Å²) in [7, 11) is 0. The van der Waals surface area contributed by atoms with E-state index in [1.807, 2.05) is 12.1 Å². The van der Waals surface area contributed by atoms with E-state index in [0.29, 0.717) is 5.56 Å². The molecule has 1 N–H and O–H groups in total. The summed E-state index contributed by atoms with van der Waals surface area (Å²) in [4.78, 5) is 11.5. The Morgan fingerprint density at radius 1 is 1.24 bits per heavy atom. The molecule has 1 heterocycles. The fourth-order valence-electron chi connectivity index (χ4n) is 2.65. The highest BCUT2D eigenvalue weighted by atomic mass is 16.4. The fourth-order valence-corrected chi connectivity index (χ4v) is 2.65. The van der Waals surface area contributed by atoms with E-state index in [1.54, 1.807) is 4.68 Å². The van der Waals surface area contributed by atoms with Crippen LogP contribution in [0, 0.1) is 13.8 Å². The number of carboxylic acid groups (broad SMARTS) is 1. The van der Waals surface area contributed by atoms with Crippen LogP contribution in [-0.2, 0) is 0 Å². The molecular formula is C17H22N2O2. The Balaban J connectivity index is 2.62. The largest absolute Gasteiger partial charge is 0.478 e. The summed E-state index contributed by atoms with van der Waals surface area (Å²) in [5.74, 6) is -0.716. The molecule has 0 unspecified atom stereocenters. The summed E-state index contributed by atoms with van der Waals surface area (Å²) in [6.45, 7) is 8.28. The number of aromatic nitrogens is 2. The minimum Gasteiger partial charge on any atom is -0.478 e. The van der Waals surface area contributed by atoms with Crippen LogP contribution in [0.2, 0.25) is 0 Å². The highest BCUT2D eigenvalue weighted by molar-refractivity contribution is 5.89. The van der Waals surface area contributed by atoms with Crippen LogP contribution < -0.4 is 0 Å². The second-order valence-electron chi connectivity index (χ2n) is 5.44. The zero-order chi connectivity index (χ0) is 15.6. The van der Waals surface area contributed by atoms with Gasteiger partial charge < -0.3 is 5.11 Å². The third-order valence-corrected chi connectivity index (χ3v) is 4.14. The standard InChI is InChI=1S/C17H22N2O2/c1-5-13(6-2)16-15(17(20)21)10-18-19(16)14-8-7-11(3)12(4)9-14/h7-10,13H,5-6H2,1-4H3,(H,20,21). The number of hydrogen-bond donors (Lipinski definition) is 1. The van der Waals surface area contributed by atoms with Gasteiger partial charge in [0.2, 0.25) is 0 Å². The molecule has 0 bridgehead atoms. The van der Waals surface area contributed by atoms with E-state index in [9.17, 15) is 9.90 Å². The van der Waals surface area contributed by atoms with Crippen molar-refractivity contribution in [1.82, 2.24) is 9.78 Å². The van der Waals surface area contributed by atoms with Crippen LogP contribution in [-0.4, -0.2) is 20.9 Å². The molecule has 0 aliphatic heterocycles. The Bertz CT molecular complexity index is 655. The first kappa shape index (κ1) is 15.3. The SMILES string of the molecule is CCC(CC)c1c(C(=O)O)cnn1-c1ccc(C)c(C)c1. The Hall–Kier alpha value is -2.10. The lowest BCUT2D eigenvalue weighted by Gasteiger charge is -2.17. The molecule has 112 valence electrons. The summed E-state index contributed by atoms with van der Waals surface area (Å²) in [6, 6.07) is 6.09. The van der Waals surface area contributed by atoms with E-state index < -0.39 is 5.97 Å². The molecular weight excluding hydrogens is 264 g/mol. The summed E-state index contributed by atoms with van der Waals surface area (Å²) in [5, 5.41) is 13.7. The molecule has 1 aromatic heterocycles. The maximum atomic E-state index is 11.5. The molecule has 0 atom stereocenters. The maximum absolute atomic E-state index is 11.5. The van der Waals surface area contributed by atoms with Crippen molar-refractivity contribution in [2.45, 2.75) is 46.5 Å². The monoisotopic (exact) mass is 286 g/mol. The summed E-state index contributed by atoms with van der Waals surface area (Å²) >= 11 is 0. The Labute approximate surface area is 125 Å². The van der Waals surface area contributed by atoms with Gasteiger partial charge in [-0.3, -0.25) is 0 Å². The Morgan fingerprint density at radius 2 is 1.90 bits per heavy atom. The number of aromatic carboxylic acids is 1. The van der Waals surface area contributed by atoms with Crippen LogP contribution in [0.1, 0.15) is 59.8 Å². The summed E-state index contributed by atoms with van der Waals surface area (Å²) in [5.41, 5.74) is 4.43. The molecule has 0 spiro atoms. The second-order valence-corrected chi connectivity index (χ2v) is 5.44. The smallest absolute Gasteiger partial charge is 0.339 e. The van der Waals surface area contributed by atoms with Crippen molar-refractivity contribution in [1.29, 1.82) is 0 Å². The summed E-state index contributed by atoms with van der Waals surface area (Å²) in [6.07, 6.45) is 3.26. The highest BCUT2D eigenvalue weighted by Crippen LogP contribution is 2.29. The van der Waals surface area contributed by atoms with E-state index in [2.05, 4.69) is 38.9 Å². The average molecular weight is 286 g/mol. The molecule has 0 aliphatic carbocycles. The minimum absolute atomic E-state index is 0.195. The number of nitrogens with zero attached hydrogens (tertiary/aromatic N) is 2. The number of carboxylic acids is 1. The molecule has 0 radical (unpaired) electrons. The van der Waals surface area contributed by atoms with Gasteiger partial charge in [-0.05, 0) is 49.9 Å². The van der Waals surface area contributed by atoms with Gasteiger partial charge in [0.05, 0.1) is 17.6 Å². The molecule has 0 saturated carbocycles. The first-order valence-electron chi connectivity index (χ1n) is 7.38. The van der Waals surface area contributed by atoms with Gasteiger partial charge in [-0.25, -0.2) is 9.48 Å². The number of carbonyl (C=O) groups is 1. The Morgan fingerprint density at radius 3 is 2.43 bits per heavy atom. The number of rotatable bonds is 5. The van der Waals surface area contributed by atoms with E-state index in [1.165, 1.54) is 17.3 Å². The Kier molecular flexibility index (Phi) is 4.46. The second kappa shape index (κ2) is 6.12. The first-order chi connectivity index (χ1) is 9.99. The van der Waals surface area contributed by atoms with Crippen molar-refractivity contribution in [2.24, 2.45) is 0 Å². The van der Waals surface area contributed by atoms with E-state index in [0.717, 1.165) is 24.2 Å². The van der Waals surface area contributed by atoms with Gasteiger partial charge >= 0.3 is 5.97 Å². The van der Waals surface area contributed by atoms with Gasteiger partial charge in [-0.15, -0.1) is 0 Å². The molecule has 0 saturated heterocycles. The lowest BCUT2D eigenvalue weighted by molar-refractivity contribution is 0.0695. The normalized spacial score (nSPS) is 11.1. The van der Waals surface area contributed by atoms with E-state index in [4.69, 9.17) is 0 Å². The molecule has 4 nitrogen and oxygen atoms in total. The topological polar surface area (TPSA) is 55.1 Å². The van der Waals surface area contributed by atoms with Crippen LogP contribution in [0.25, 0.3) is 5.69 Å². The van der Waals surface area contributed by atoms with Crippen molar-refractivity contribution in [2.75, 3.05) is 0 Å². The average Bonchev–Trinajstić information content (AvgIpc) is 2.88. The quantitative estimate of drug-likeness (QED) is 0.900. The van der Waals surface area contributed by atoms with E-state index in [-0.39, 0.29) is 5.92 Å². The molecule has 0 amide bonds. The summed E-state index contributed by atoms with van der Waals surface area (Å²) < 4.78 is 1.79. The minimum atomic E-state index is -0.910. The molecule has 0 fully saturated rings. The number of aryl methyl sites for hydroxylation is 2. The molecule has 21 heavy (non-hydrogen) atoms. The number of hydrogen-bond acceptors (Lipinski definition) is 2. The van der Waals surface area contributed by atoms with Crippen LogP contribution >= 0.6 is 0 Å². The van der Waals surface area contributed by atoms with Gasteiger partial charge in [0, 0.05) is 5.92 Å². The molecule has 0 aliphatic rings. The highest BCUT2D eigenvalue weighted by Gasteiger charge is 2.23. The van der Waals surface area contributed by atoms with Crippen LogP contribution in [0.15, 0.2) is 24.4 Å². The third kappa shape index (κ3) is 2.84. The van der Waals surface area contributed by atoms with Crippen molar-refractivity contribution < 1.29 is 9.90 Å². The van der Waals surface area contributed by atoms with Gasteiger partial charge in [0.25, 0.3) is 0 Å².